The molecule has 0 N–H and O–H groups in total. The molecule has 0 amide bonds. The van der Waals surface area contributed by atoms with Crippen molar-refractivity contribution < 1.29 is 21.6 Å². The summed E-state index contributed by atoms with van der Waals surface area (Å²) in [5, 5.41) is 4.84. The standard InChI is InChI=1S/C18H15ClF3N5O2S/c1-30(28,29)17-12-4-6-23-9-15(12)27(25-17)10-16-24-13-8-11(19)2-3-14(13)26(16)7-5-18(20,21)22/h2-4,6,8-9H,5,7,10H2,1H3. The third kappa shape index (κ3) is 3.99. The number of imidazole rings is 1. The number of hydrogen-bond donors (Lipinski definition) is 0. The quantitative estimate of drug-likeness (QED) is 0.454. The summed E-state index contributed by atoms with van der Waals surface area (Å²) in [6, 6.07) is 6.28. The second-order valence-corrected chi connectivity index (χ2v) is 9.17. The molecule has 0 spiro atoms. The Bertz CT molecular complexity index is 1360. The van der Waals surface area contributed by atoms with Crippen molar-refractivity contribution in [3.63, 3.8) is 0 Å². The van der Waals surface area contributed by atoms with E-state index in [2.05, 4.69) is 15.1 Å². The lowest BCUT2D eigenvalue weighted by atomic mass is 10.3. The number of aryl methyl sites for hydroxylation is 1. The third-order valence-electron chi connectivity index (χ3n) is 4.57. The number of rotatable bonds is 5. The molecular formula is C18H15ClF3N5O2S. The smallest absolute Gasteiger partial charge is 0.326 e. The lowest BCUT2D eigenvalue weighted by Crippen LogP contribution is -2.16. The number of alkyl halides is 3. The van der Waals surface area contributed by atoms with Gasteiger partial charge in [0.15, 0.2) is 14.9 Å². The summed E-state index contributed by atoms with van der Waals surface area (Å²) in [5.74, 6) is 0.296. The van der Waals surface area contributed by atoms with E-state index in [4.69, 9.17) is 11.6 Å². The van der Waals surface area contributed by atoms with Crippen LogP contribution < -0.4 is 0 Å². The normalized spacial score (nSPS) is 12.8. The van der Waals surface area contributed by atoms with Crippen LogP contribution in [0.4, 0.5) is 13.2 Å². The summed E-state index contributed by atoms with van der Waals surface area (Å²) in [7, 11) is -3.62. The fourth-order valence-electron chi connectivity index (χ4n) is 3.28. The van der Waals surface area contributed by atoms with Crippen LogP contribution in [-0.2, 0) is 22.9 Å². The van der Waals surface area contributed by atoms with Gasteiger partial charge < -0.3 is 4.57 Å². The molecule has 0 radical (unpaired) electrons. The Morgan fingerprint density at radius 1 is 1.17 bits per heavy atom. The molecule has 30 heavy (non-hydrogen) atoms. The zero-order valence-electron chi connectivity index (χ0n) is 15.6. The SMILES string of the molecule is CS(=O)(=O)c1nn(Cc2nc3cc(Cl)ccc3n2CCC(F)(F)F)c2cnccc12. The molecule has 0 fully saturated rings. The first-order chi connectivity index (χ1) is 14.0. The zero-order chi connectivity index (χ0) is 21.7. The predicted octanol–water partition coefficient (Wildman–Crippen LogP) is 3.84. The lowest BCUT2D eigenvalue weighted by molar-refractivity contribution is -0.136. The highest BCUT2D eigenvalue weighted by atomic mass is 35.5. The molecule has 3 heterocycles. The first-order valence-corrected chi connectivity index (χ1v) is 11.0. The number of aromatic nitrogens is 5. The molecule has 0 aliphatic heterocycles. The molecular weight excluding hydrogens is 443 g/mol. The highest BCUT2D eigenvalue weighted by molar-refractivity contribution is 7.90. The molecule has 0 saturated carbocycles. The maximum atomic E-state index is 12.9. The Morgan fingerprint density at radius 3 is 2.63 bits per heavy atom. The summed E-state index contributed by atoms with van der Waals surface area (Å²) < 4.78 is 65.7. The number of nitrogens with zero attached hydrogens (tertiary/aromatic N) is 5. The predicted molar refractivity (Wildman–Crippen MR) is 105 cm³/mol. The van der Waals surface area contributed by atoms with Gasteiger partial charge in [0.2, 0.25) is 0 Å². The summed E-state index contributed by atoms with van der Waals surface area (Å²) in [5.41, 5.74) is 1.37. The van der Waals surface area contributed by atoms with Crippen LogP contribution >= 0.6 is 11.6 Å². The minimum Gasteiger partial charge on any atom is -0.326 e. The van der Waals surface area contributed by atoms with Gasteiger partial charge in [-0.15, -0.1) is 0 Å². The highest BCUT2D eigenvalue weighted by Gasteiger charge is 2.28. The van der Waals surface area contributed by atoms with E-state index >= 15 is 0 Å². The van der Waals surface area contributed by atoms with Crippen molar-refractivity contribution in [1.29, 1.82) is 0 Å². The molecule has 4 aromatic rings. The number of sulfone groups is 1. The van der Waals surface area contributed by atoms with Gasteiger partial charge >= 0.3 is 6.18 Å². The molecule has 4 rings (SSSR count). The Balaban J connectivity index is 1.84. The van der Waals surface area contributed by atoms with Gasteiger partial charge in [-0.1, -0.05) is 11.6 Å². The number of pyridine rings is 1. The van der Waals surface area contributed by atoms with Gasteiger partial charge in [0, 0.05) is 29.4 Å². The van der Waals surface area contributed by atoms with Crippen molar-refractivity contribution in [2.24, 2.45) is 0 Å². The summed E-state index contributed by atoms with van der Waals surface area (Å²) >= 11 is 6.00. The average Bonchev–Trinajstić information content (AvgIpc) is 3.17. The van der Waals surface area contributed by atoms with Gasteiger partial charge in [0.05, 0.1) is 35.7 Å². The number of fused-ring (bicyclic) bond motifs is 2. The molecule has 0 unspecified atom stereocenters. The van der Waals surface area contributed by atoms with E-state index in [0.29, 0.717) is 32.8 Å². The van der Waals surface area contributed by atoms with Crippen LogP contribution in [0.5, 0.6) is 0 Å². The van der Waals surface area contributed by atoms with Gasteiger partial charge in [0.1, 0.15) is 5.82 Å². The van der Waals surface area contributed by atoms with Crippen LogP contribution in [0.15, 0.2) is 41.7 Å². The highest BCUT2D eigenvalue weighted by Crippen LogP contribution is 2.27. The van der Waals surface area contributed by atoms with Crippen molar-refractivity contribution in [1.82, 2.24) is 24.3 Å². The fourth-order valence-corrected chi connectivity index (χ4v) is 4.27. The second-order valence-electron chi connectivity index (χ2n) is 6.81. The van der Waals surface area contributed by atoms with E-state index in [-0.39, 0.29) is 18.1 Å². The molecule has 158 valence electrons. The van der Waals surface area contributed by atoms with Gasteiger partial charge in [0.25, 0.3) is 0 Å². The van der Waals surface area contributed by atoms with Crippen LogP contribution in [0.25, 0.3) is 21.9 Å². The van der Waals surface area contributed by atoms with Crippen molar-refractivity contribution in [2.75, 3.05) is 6.26 Å². The van der Waals surface area contributed by atoms with Crippen molar-refractivity contribution >= 4 is 43.4 Å². The molecule has 1 aromatic carbocycles. The summed E-state index contributed by atoms with van der Waals surface area (Å²) in [4.78, 5) is 8.44. The molecule has 7 nitrogen and oxygen atoms in total. The van der Waals surface area contributed by atoms with Crippen molar-refractivity contribution in [3.8, 4) is 0 Å². The van der Waals surface area contributed by atoms with Gasteiger partial charge in [-0.3, -0.25) is 9.67 Å². The zero-order valence-corrected chi connectivity index (χ0v) is 17.1. The Morgan fingerprint density at radius 2 is 1.93 bits per heavy atom. The number of hydrogen-bond acceptors (Lipinski definition) is 5. The monoisotopic (exact) mass is 457 g/mol. The molecule has 0 saturated heterocycles. The molecule has 0 aliphatic rings. The van der Waals surface area contributed by atoms with E-state index in [1.807, 2.05) is 0 Å². The molecule has 0 bridgehead atoms. The molecule has 12 heteroatoms. The Hall–Kier alpha value is -2.66. The minimum atomic E-state index is -4.34. The topological polar surface area (TPSA) is 82.7 Å². The number of benzene rings is 1. The van der Waals surface area contributed by atoms with Gasteiger partial charge in [-0.25, -0.2) is 13.4 Å². The largest absolute Gasteiger partial charge is 0.390 e. The first kappa shape index (κ1) is 20.6. The first-order valence-electron chi connectivity index (χ1n) is 8.75. The second kappa shape index (κ2) is 7.24. The van der Waals surface area contributed by atoms with Crippen molar-refractivity contribution in [3.05, 3.63) is 47.5 Å². The van der Waals surface area contributed by atoms with Crippen LogP contribution in [0.2, 0.25) is 5.02 Å². The van der Waals surface area contributed by atoms with Gasteiger partial charge in [-0.2, -0.15) is 18.3 Å². The maximum absolute atomic E-state index is 12.9. The van der Waals surface area contributed by atoms with E-state index < -0.39 is 22.4 Å². The van der Waals surface area contributed by atoms with E-state index in [1.54, 1.807) is 18.2 Å². The van der Waals surface area contributed by atoms with Crippen LogP contribution in [-0.4, -0.2) is 45.2 Å². The van der Waals surface area contributed by atoms with E-state index in [9.17, 15) is 21.6 Å². The maximum Gasteiger partial charge on any atom is 0.390 e. The Labute approximate surface area is 174 Å². The molecule has 0 aliphatic carbocycles. The lowest BCUT2D eigenvalue weighted by Gasteiger charge is -2.11. The fraction of sp³-hybridized carbons (Fsp3) is 0.278. The van der Waals surface area contributed by atoms with Crippen LogP contribution in [0, 0.1) is 0 Å². The van der Waals surface area contributed by atoms with E-state index in [0.717, 1.165) is 6.26 Å². The summed E-state index contributed by atoms with van der Waals surface area (Å²) in [6.07, 6.45) is -1.43. The van der Waals surface area contributed by atoms with Crippen molar-refractivity contribution in [2.45, 2.75) is 30.7 Å². The molecule has 0 atom stereocenters. The van der Waals surface area contributed by atoms with E-state index in [1.165, 1.54) is 27.7 Å². The van der Waals surface area contributed by atoms with Gasteiger partial charge in [-0.05, 0) is 24.3 Å². The van der Waals surface area contributed by atoms with Crippen LogP contribution in [0.1, 0.15) is 12.2 Å². The average molecular weight is 458 g/mol. The van der Waals surface area contributed by atoms with Crippen LogP contribution in [0.3, 0.4) is 0 Å². The third-order valence-corrected chi connectivity index (χ3v) is 5.81. The Kier molecular flexibility index (Phi) is 4.97. The number of halogens is 4. The summed E-state index contributed by atoms with van der Waals surface area (Å²) in [6.45, 7) is -0.380. The molecule has 3 aromatic heterocycles. The minimum absolute atomic E-state index is 0.0398.